The molecule has 116 valence electrons. The molecule has 6 heteroatoms. The largest absolute Gasteiger partial charge is 0.464 e. The van der Waals surface area contributed by atoms with Gasteiger partial charge in [0, 0.05) is 5.41 Å². The average molecular weight is 296 g/mol. The van der Waals surface area contributed by atoms with E-state index in [-0.39, 0.29) is 13.0 Å². The SMILES string of the molecule is C[C@@]12COC(=O)[C@@]1(C)[C@@H](O)C13CC(=O)O[C@@]1(C)CC[C@@]32O. The first-order chi connectivity index (χ1) is 9.59. The Labute approximate surface area is 122 Å². The van der Waals surface area contributed by atoms with Crippen molar-refractivity contribution >= 4 is 11.9 Å². The number of cyclic esters (lactones) is 1. The molecule has 2 aliphatic heterocycles. The molecule has 0 amide bonds. The monoisotopic (exact) mass is 296 g/mol. The second-order valence-electron chi connectivity index (χ2n) is 7.73. The molecule has 2 aliphatic carbocycles. The normalized spacial score (nSPS) is 61.3. The first-order valence-electron chi connectivity index (χ1n) is 7.39. The van der Waals surface area contributed by atoms with Crippen molar-refractivity contribution in [3.05, 3.63) is 0 Å². The number of aliphatic hydroxyl groups is 2. The molecule has 0 aromatic rings. The zero-order chi connectivity index (χ0) is 15.5. The van der Waals surface area contributed by atoms with Gasteiger partial charge in [-0.3, -0.25) is 9.59 Å². The average Bonchev–Trinajstić information content (AvgIpc) is 2.94. The Kier molecular flexibility index (Phi) is 2.01. The fourth-order valence-corrected chi connectivity index (χ4v) is 5.86. The summed E-state index contributed by atoms with van der Waals surface area (Å²) >= 11 is 0. The van der Waals surface area contributed by atoms with E-state index in [4.69, 9.17) is 9.47 Å². The van der Waals surface area contributed by atoms with Crippen molar-refractivity contribution < 1.29 is 29.3 Å². The maximum atomic E-state index is 12.3. The molecule has 4 aliphatic rings. The second-order valence-corrected chi connectivity index (χ2v) is 7.73. The van der Waals surface area contributed by atoms with E-state index in [1.54, 1.807) is 20.8 Å². The van der Waals surface area contributed by atoms with Gasteiger partial charge < -0.3 is 19.7 Å². The summed E-state index contributed by atoms with van der Waals surface area (Å²) in [6.45, 7) is 5.24. The van der Waals surface area contributed by atoms with Crippen LogP contribution in [0.5, 0.6) is 0 Å². The van der Waals surface area contributed by atoms with Gasteiger partial charge in [-0.2, -0.15) is 0 Å². The summed E-state index contributed by atoms with van der Waals surface area (Å²) < 4.78 is 10.7. The van der Waals surface area contributed by atoms with Crippen molar-refractivity contribution in [1.29, 1.82) is 0 Å². The van der Waals surface area contributed by atoms with E-state index in [9.17, 15) is 19.8 Å². The van der Waals surface area contributed by atoms with Crippen LogP contribution in [-0.2, 0) is 19.1 Å². The Bertz CT molecular complexity index is 589. The molecule has 0 bridgehead atoms. The lowest BCUT2D eigenvalue weighted by atomic mass is 9.61. The Morgan fingerprint density at radius 2 is 1.86 bits per heavy atom. The first kappa shape index (κ1) is 13.5. The van der Waals surface area contributed by atoms with Crippen LogP contribution in [-0.4, -0.2) is 46.1 Å². The van der Waals surface area contributed by atoms with Gasteiger partial charge in [0.05, 0.1) is 23.5 Å². The van der Waals surface area contributed by atoms with E-state index in [1.807, 2.05) is 0 Å². The number of fused-ring (bicyclic) bond motifs is 2. The van der Waals surface area contributed by atoms with E-state index in [0.717, 1.165) is 0 Å². The van der Waals surface area contributed by atoms with Crippen LogP contribution in [0.25, 0.3) is 0 Å². The van der Waals surface area contributed by atoms with Gasteiger partial charge in [0.25, 0.3) is 0 Å². The van der Waals surface area contributed by atoms with Gasteiger partial charge in [0.15, 0.2) is 0 Å². The third kappa shape index (κ3) is 0.932. The maximum Gasteiger partial charge on any atom is 0.315 e. The minimum atomic E-state index is -1.36. The molecule has 2 saturated carbocycles. The van der Waals surface area contributed by atoms with Crippen molar-refractivity contribution in [3.63, 3.8) is 0 Å². The van der Waals surface area contributed by atoms with Gasteiger partial charge >= 0.3 is 11.9 Å². The Hall–Kier alpha value is -1.14. The van der Waals surface area contributed by atoms with Crippen LogP contribution in [0.2, 0.25) is 0 Å². The predicted molar refractivity (Wildman–Crippen MR) is 68.9 cm³/mol. The van der Waals surface area contributed by atoms with Gasteiger partial charge in [-0.25, -0.2) is 0 Å². The maximum absolute atomic E-state index is 12.3. The molecular weight excluding hydrogens is 276 g/mol. The lowest BCUT2D eigenvalue weighted by Gasteiger charge is -2.45. The highest BCUT2D eigenvalue weighted by molar-refractivity contribution is 5.84. The van der Waals surface area contributed by atoms with Crippen LogP contribution < -0.4 is 0 Å². The number of aliphatic hydroxyl groups excluding tert-OH is 1. The van der Waals surface area contributed by atoms with Gasteiger partial charge in [-0.05, 0) is 26.7 Å². The minimum absolute atomic E-state index is 0.0559. The summed E-state index contributed by atoms with van der Waals surface area (Å²) in [6.07, 6.45) is -0.364. The molecule has 0 aromatic heterocycles. The second kappa shape index (κ2) is 3.13. The van der Waals surface area contributed by atoms with Gasteiger partial charge in [0.1, 0.15) is 17.6 Å². The summed E-state index contributed by atoms with van der Waals surface area (Å²) in [5.74, 6) is -0.924. The number of hydrogen-bond donors (Lipinski definition) is 2. The Balaban J connectivity index is 2.03. The molecule has 1 spiro atoms. The summed E-state index contributed by atoms with van der Waals surface area (Å²) in [4.78, 5) is 24.3. The van der Waals surface area contributed by atoms with Gasteiger partial charge in [0.2, 0.25) is 0 Å². The third-order valence-corrected chi connectivity index (χ3v) is 7.40. The van der Waals surface area contributed by atoms with Crippen LogP contribution in [0.3, 0.4) is 0 Å². The molecule has 2 saturated heterocycles. The van der Waals surface area contributed by atoms with E-state index in [2.05, 4.69) is 0 Å². The van der Waals surface area contributed by atoms with Crippen LogP contribution >= 0.6 is 0 Å². The highest BCUT2D eigenvalue weighted by atomic mass is 16.6. The molecule has 4 rings (SSSR count). The summed E-state index contributed by atoms with van der Waals surface area (Å²) in [6, 6.07) is 0. The fraction of sp³-hybridized carbons (Fsp3) is 0.867. The quantitative estimate of drug-likeness (QED) is 0.618. The Morgan fingerprint density at radius 3 is 2.52 bits per heavy atom. The topological polar surface area (TPSA) is 93.1 Å². The fourth-order valence-electron chi connectivity index (χ4n) is 5.86. The van der Waals surface area contributed by atoms with E-state index < -0.39 is 45.5 Å². The highest BCUT2D eigenvalue weighted by Crippen LogP contribution is 2.78. The van der Waals surface area contributed by atoms with E-state index >= 15 is 0 Å². The lowest BCUT2D eigenvalue weighted by molar-refractivity contribution is -0.174. The van der Waals surface area contributed by atoms with Crippen LogP contribution in [0.15, 0.2) is 0 Å². The number of rotatable bonds is 0. The van der Waals surface area contributed by atoms with E-state index in [0.29, 0.717) is 12.8 Å². The number of carbonyl (C=O) groups excluding carboxylic acids is 2. The predicted octanol–water partition coefficient (Wildman–Crippen LogP) is 0.147. The van der Waals surface area contributed by atoms with Crippen molar-refractivity contribution in [3.8, 4) is 0 Å². The molecule has 21 heavy (non-hydrogen) atoms. The number of carbonyl (C=O) groups is 2. The third-order valence-electron chi connectivity index (χ3n) is 7.40. The first-order valence-corrected chi connectivity index (χ1v) is 7.39. The number of hydrogen-bond acceptors (Lipinski definition) is 6. The van der Waals surface area contributed by atoms with Gasteiger partial charge in [-0.15, -0.1) is 0 Å². The summed E-state index contributed by atoms with van der Waals surface area (Å²) in [5, 5.41) is 22.6. The van der Waals surface area contributed by atoms with Crippen molar-refractivity contribution in [1.82, 2.24) is 0 Å². The smallest absolute Gasteiger partial charge is 0.315 e. The summed E-state index contributed by atoms with van der Waals surface area (Å²) in [7, 11) is 0. The number of esters is 2. The highest BCUT2D eigenvalue weighted by Gasteiger charge is 2.91. The number of ether oxygens (including phenoxy) is 2. The molecule has 1 unspecified atom stereocenters. The molecule has 2 N–H and O–H groups in total. The van der Waals surface area contributed by atoms with E-state index in [1.165, 1.54) is 0 Å². The summed E-state index contributed by atoms with van der Waals surface area (Å²) in [5.41, 5.74) is -5.59. The minimum Gasteiger partial charge on any atom is -0.464 e. The van der Waals surface area contributed by atoms with Crippen molar-refractivity contribution in [2.45, 2.75) is 57.3 Å². The molecule has 0 aromatic carbocycles. The standard InChI is InChI=1S/C15H20O6/c1-11-7-20-10(18)13(11,3)9(17)14-6-8(16)21-12(14,2)4-5-15(11,14)19/h9,17,19H,4-7H2,1-3H3/t9-,11-,12+,13-,14?,15+/m1/s1. The molecule has 0 radical (unpaired) electrons. The van der Waals surface area contributed by atoms with Crippen LogP contribution in [0, 0.1) is 16.2 Å². The van der Waals surface area contributed by atoms with Crippen molar-refractivity contribution in [2.75, 3.05) is 6.61 Å². The zero-order valence-corrected chi connectivity index (χ0v) is 12.4. The Morgan fingerprint density at radius 1 is 1.19 bits per heavy atom. The van der Waals surface area contributed by atoms with Crippen molar-refractivity contribution in [2.24, 2.45) is 16.2 Å². The molecule has 6 nitrogen and oxygen atoms in total. The molecule has 4 fully saturated rings. The van der Waals surface area contributed by atoms with Gasteiger partial charge in [-0.1, -0.05) is 6.92 Å². The van der Waals surface area contributed by atoms with Crippen LogP contribution in [0.1, 0.15) is 40.0 Å². The molecule has 2 heterocycles. The molecular formula is C15H20O6. The zero-order valence-electron chi connectivity index (χ0n) is 12.4. The van der Waals surface area contributed by atoms with Crippen LogP contribution in [0.4, 0.5) is 0 Å². The lowest BCUT2D eigenvalue weighted by Crippen LogP contribution is -2.58. The molecule has 6 atom stereocenters.